The quantitative estimate of drug-likeness (QED) is 0.414. The number of hydrogen-bond acceptors (Lipinski definition) is 3. The highest BCUT2D eigenvalue weighted by atomic mass is 16.5. The van der Waals surface area contributed by atoms with Crippen molar-refractivity contribution in [3.05, 3.63) is 0 Å². The van der Waals surface area contributed by atoms with Crippen molar-refractivity contribution in [3.8, 4) is 0 Å². The standard InChI is InChI=1S/C6H11NO3.O/c1-7(6(8)9)2-4-10-5-3-7;/h2-5H2,1H3;/q;-2. The smallest absolute Gasteiger partial charge is 0.257 e. The van der Waals surface area contributed by atoms with E-state index in [0.717, 1.165) is 0 Å². The van der Waals surface area contributed by atoms with Crippen LogP contribution in [0.4, 0.5) is 4.79 Å². The predicted octanol–water partition coefficient (Wildman–Crippen LogP) is -1.31. The Kier molecular flexibility index (Phi) is 3.44. The van der Waals surface area contributed by atoms with Crippen LogP contribution in [0.25, 0.3) is 0 Å². The molecule has 0 spiro atoms. The molecule has 0 aromatic rings. The fraction of sp³-hybridized carbons (Fsp3) is 0.833. The molecule has 0 bridgehead atoms. The van der Waals surface area contributed by atoms with E-state index in [2.05, 4.69) is 0 Å². The number of likely N-dealkylation sites (N-methyl/N-ethyl adjacent to an activating group) is 1. The van der Waals surface area contributed by atoms with Crippen LogP contribution in [-0.4, -0.2) is 43.9 Å². The number of carboxylic acid groups (broad SMARTS) is 1. The monoisotopic (exact) mass is 161 g/mol. The topological polar surface area (TPSA) is 77.9 Å². The molecule has 0 atom stereocenters. The summed E-state index contributed by atoms with van der Waals surface area (Å²) in [4.78, 5) is 10.5. The lowest BCUT2D eigenvalue weighted by Gasteiger charge is -2.36. The average molecular weight is 161 g/mol. The Morgan fingerprint density at radius 3 is 2.18 bits per heavy atom. The Balaban J connectivity index is 0.000001000. The summed E-state index contributed by atoms with van der Waals surface area (Å²) in [6.07, 6.45) is -1.01. The molecule has 5 heteroatoms. The van der Waals surface area contributed by atoms with Crippen molar-refractivity contribution in [2.75, 3.05) is 33.4 Å². The second kappa shape index (κ2) is 3.66. The fourth-order valence-corrected chi connectivity index (χ4v) is 0.928. The highest BCUT2D eigenvalue weighted by Gasteiger charge is 2.26. The normalized spacial score (nSPS) is 21.9. The Hall–Kier alpha value is -0.650. The van der Waals surface area contributed by atoms with Gasteiger partial charge in [0.25, 0.3) is 6.09 Å². The van der Waals surface area contributed by atoms with Crippen molar-refractivity contribution in [1.82, 2.24) is 0 Å². The summed E-state index contributed by atoms with van der Waals surface area (Å²) >= 11 is 0. The van der Waals surface area contributed by atoms with E-state index in [0.29, 0.717) is 26.3 Å². The highest BCUT2D eigenvalue weighted by Crippen LogP contribution is 2.05. The minimum atomic E-state index is -1.01. The molecule has 0 aromatic heterocycles. The molecule has 0 aliphatic carbocycles. The molecular weight excluding hydrogens is 150 g/mol. The van der Waals surface area contributed by atoms with Gasteiger partial charge in [-0.05, 0) is 0 Å². The maximum atomic E-state index is 10.5. The molecule has 0 N–H and O–H groups in total. The molecule has 66 valence electrons. The van der Waals surface area contributed by atoms with Crippen LogP contribution in [-0.2, 0) is 10.2 Å². The van der Waals surface area contributed by atoms with E-state index >= 15 is 0 Å². The van der Waals surface area contributed by atoms with Crippen LogP contribution < -0.4 is 5.11 Å². The molecule has 5 nitrogen and oxygen atoms in total. The van der Waals surface area contributed by atoms with E-state index in [1.165, 1.54) is 0 Å². The van der Waals surface area contributed by atoms with Gasteiger partial charge in [0, 0.05) is 0 Å². The van der Waals surface area contributed by atoms with Crippen LogP contribution in [0.5, 0.6) is 0 Å². The van der Waals surface area contributed by atoms with Gasteiger partial charge in [-0.15, -0.1) is 0 Å². The molecule has 0 radical (unpaired) electrons. The van der Waals surface area contributed by atoms with Gasteiger partial charge in [0.15, 0.2) is 0 Å². The van der Waals surface area contributed by atoms with Gasteiger partial charge < -0.3 is 20.1 Å². The lowest BCUT2D eigenvalue weighted by atomic mass is 10.4. The van der Waals surface area contributed by atoms with E-state index in [4.69, 9.17) is 4.74 Å². The van der Waals surface area contributed by atoms with Gasteiger partial charge in [-0.1, -0.05) is 0 Å². The van der Waals surface area contributed by atoms with E-state index in [1.54, 1.807) is 7.05 Å². The van der Waals surface area contributed by atoms with E-state index in [1.807, 2.05) is 0 Å². The van der Waals surface area contributed by atoms with Crippen molar-refractivity contribution in [1.29, 1.82) is 0 Å². The third-order valence-electron chi connectivity index (χ3n) is 1.90. The minimum absolute atomic E-state index is 0. The maximum Gasteiger partial charge on any atom is 0.257 e. The van der Waals surface area contributed by atoms with Crippen molar-refractivity contribution >= 4 is 6.09 Å². The molecule has 0 aromatic carbocycles. The van der Waals surface area contributed by atoms with E-state index in [9.17, 15) is 9.90 Å². The second-order valence-corrected chi connectivity index (χ2v) is 2.72. The molecule has 1 saturated heterocycles. The summed E-state index contributed by atoms with van der Waals surface area (Å²) in [5, 5.41) is 10.5. The molecule has 1 aliphatic rings. The molecule has 1 amide bonds. The number of ether oxygens (including phenoxy) is 1. The van der Waals surface area contributed by atoms with Gasteiger partial charge in [-0.3, -0.25) is 4.48 Å². The van der Waals surface area contributed by atoms with Crippen molar-refractivity contribution in [2.24, 2.45) is 0 Å². The molecular formula is C6H11NO4-2. The number of rotatable bonds is 0. The largest absolute Gasteiger partial charge is 2.00 e. The van der Waals surface area contributed by atoms with Crippen LogP contribution in [0.2, 0.25) is 0 Å². The first-order valence-corrected chi connectivity index (χ1v) is 3.29. The van der Waals surface area contributed by atoms with Gasteiger partial charge in [0.05, 0.1) is 20.3 Å². The van der Waals surface area contributed by atoms with Gasteiger partial charge >= 0.3 is 0 Å². The third-order valence-corrected chi connectivity index (χ3v) is 1.90. The first-order chi connectivity index (χ1) is 4.65. The predicted molar refractivity (Wildman–Crippen MR) is 32.8 cm³/mol. The second-order valence-electron chi connectivity index (χ2n) is 2.72. The van der Waals surface area contributed by atoms with Gasteiger partial charge in [-0.2, -0.15) is 0 Å². The Labute approximate surface area is 65.1 Å². The van der Waals surface area contributed by atoms with Gasteiger partial charge in [0.1, 0.15) is 13.1 Å². The first kappa shape index (κ1) is 10.3. The number of nitrogens with zero attached hydrogens (tertiary/aromatic N) is 1. The molecule has 0 unspecified atom stereocenters. The van der Waals surface area contributed by atoms with Crippen molar-refractivity contribution < 1.29 is 24.6 Å². The van der Waals surface area contributed by atoms with Crippen LogP contribution in [0.3, 0.4) is 0 Å². The number of quaternary nitrogens is 1. The lowest BCUT2D eigenvalue weighted by Crippen LogP contribution is -2.60. The number of carbonyl (C=O) groups excluding carboxylic acids is 1. The Morgan fingerprint density at radius 2 is 1.91 bits per heavy atom. The zero-order valence-electron chi connectivity index (χ0n) is 6.41. The summed E-state index contributed by atoms with van der Waals surface area (Å²) in [5.41, 5.74) is 0. The zero-order chi connectivity index (χ0) is 7.61. The minimum Gasteiger partial charge on any atom is -2.00 e. The number of morpholine rings is 1. The Bertz CT molecular complexity index is 142. The molecule has 1 fully saturated rings. The number of hydrogen-bond donors (Lipinski definition) is 0. The van der Waals surface area contributed by atoms with Crippen LogP contribution in [0.1, 0.15) is 0 Å². The first-order valence-electron chi connectivity index (χ1n) is 3.29. The van der Waals surface area contributed by atoms with Gasteiger partial charge in [-0.25, -0.2) is 0 Å². The number of amides is 1. The Morgan fingerprint density at radius 1 is 1.45 bits per heavy atom. The zero-order valence-corrected chi connectivity index (χ0v) is 6.41. The summed E-state index contributed by atoms with van der Waals surface area (Å²) in [6.45, 7) is 2.07. The molecule has 1 heterocycles. The van der Waals surface area contributed by atoms with E-state index in [-0.39, 0.29) is 9.96 Å². The van der Waals surface area contributed by atoms with Crippen LogP contribution in [0, 0.1) is 0 Å². The third kappa shape index (κ3) is 2.14. The lowest BCUT2D eigenvalue weighted by molar-refractivity contribution is -0.865. The fourth-order valence-electron chi connectivity index (χ4n) is 0.928. The van der Waals surface area contributed by atoms with Crippen LogP contribution >= 0.6 is 0 Å². The molecule has 11 heavy (non-hydrogen) atoms. The maximum absolute atomic E-state index is 10.5. The summed E-state index contributed by atoms with van der Waals surface area (Å²) in [7, 11) is 1.65. The number of carbonyl (C=O) groups is 1. The molecule has 1 aliphatic heterocycles. The SMILES string of the molecule is C[N+]1(C(=O)[O-])CCOCC1.[O-2]. The summed E-state index contributed by atoms with van der Waals surface area (Å²) < 4.78 is 4.99. The van der Waals surface area contributed by atoms with Crippen molar-refractivity contribution in [2.45, 2.75) is 0 Å². The average Bonchev–Trinajstić information content (AvgIpc) is 1.89. The molecule has 0 saturated carbocycles. The summed E-state index contributed by atoms with van der Waals surface area (Å²) in [6, 6.07) is 0. The highest BCUT2D eigenvalue weighted by molar-refractivity contribution is 5.53. The van der Waals surface area contributed by atoms with E-state index < -0.39 is 6.09 Å². The summed E-state index contributed by atoms with van der Waals surface area (Å²) in [5.74, 6) is 0. The van der Waals surface area contributed by atoms with Crippen molar-refractivity contribution in [3.63, 3.8) is 0 Å². The van der Waals surface area contributed by atoms with Crippen LogP contribution in [0.15, 0.2) is 0 Å². The van der Waals surface area contributed by atoms with Gasteiger partial charge in [0.2, 0.25) is 0 Å². The molecule has 1 rings (SSSR count).